The van der Waals surface area contributed by atoms with Crippen LogP contribution in [0.2, 0.25) is 0 Å². The minimum atomic E-state index is -3.01. The van der Waals surface area contributed by atoms with Gasteiger partial charge >= 0.3 is 0 Å². The molecule has 0 aliphatic carbocycles. The molecule has 22 heavy (non-hydrogen) atoms. The van der Waals surface area contributed by atoms with Gasteiger partial charge in [-0.1, -0.05) is 30.3 Å². The first-order chi connectivity index (χ1) is 10.5. The topological polar surface area (TPSA) is 66.6 Å². The second-order valence-corrected chi connectivity index (χ2v) is 8.66. The molecule has 2 atom stereocenters. The fourth-order valence-corrected chi connectivity index (χ4v) is 4.66. The fraction of sp³-hybridized carbons (Fsp3) is 0.625. The number of likely N-dealkylation sites (tertiary alicyclic amines) is 1. The van der Waals surface area contributed by atoms with E-state index in [2.05, 4.69) is 29.2 Å². The lowest BCUT2D eigenvalue weighted by Crippen LogP contribution is -2.53. The molecule has 122 valence electrons. The Morgan fingerprint density at radius 3 is 2.41 bits per heavy atom. The first-order valence-electron chi connectivity index (χ1n) is 7.90. The predicted molar refractivity (Wildman–Crippen MR) is 88.1 cm³/mol. The normalized spacial score (nSPS) is 27.9. The molecule has 1 aromatic carbocycles. The van der Waals surface area contributed by atoms with Gasteiger partial charge in [-0.25, -0.2) is 12.7 Å². The molecule has 2 aliphatic rings. The van der Waals surface area contributed by atoms with E-state index in [4.69, 9.17) is 5.73 Å². The van der Waals surface area contributed by atoms with Crippen LogP contribution in [-0.4, -0.2) is 63.1 Å². The number of hydrogen-bond donors (Lipinski definition) is 1. The van der Waals surface area contributed by atoms with Gasteiger partial charge in [0.05, 0.1) is 6.26 Å². The third-order valence-electron chi connectivity index (χ3n) is 4.96. The van der Waals surface area contributed by atoms with E-state index in [1.807, 2.05) is 6.07 Å². The van der Waals surface area contributed by atoms with Gasteiger partial charge in [0.1, 0.15) is 0 Å². The summed E-state index contributed by atoms with van der Waals surface area (Å²) in [5.74, 6) is 1.45. The Bertz CT molecular complexity index is 599. The van der Waals surface area contributed by atoms with E-state index < -0.39 is 10.0 Å². The summed E-state index contributed by atoms with van der Waals surface area (Å²) in [4.78, 5) is 2.46. The van der Waals surface area contributed by atoms with Crippen LogP contribution in [-0.2, 0) is 10.0 Å². The zero-order valence-corrected chi connectivity index (χ0v) is 13.9. The maximum absolute atomic E-state index is 11.4. The van der Waals surface area contributed by atoms with E-state index in [9.17, 15) is 8.42 Å². The zero-order valence-electron chi connectivity index (χ0n) is 13.1. The smallest absolute Gasteiger partial charge is 0.211 e. The second kappa shape index (κ2) is 6.28. The van der Waals surface area contributed by atoms with Crippen molar-refractivity contribution < 1.29 is 8.42 Å². The lowest BCUT2D eigenvalue weighted by Gasteiger charge is -2.39. The molecular weight excluding hydrogens is 298 g/mol. The van der Waals surface area contributed by atoms with E-state index >= 15 is 0 Å². The molecule has 0 spiro atoms. The number of benzene rings is 1. The number of nitrogens with zero attached hydrogens (tertiary/aromatic N) is 2. The molecule has 1 aromatic rings. The first-order valence-corrected chi connectivity index (χ1v) is 9.74. The summed E-state index contributed by atoms with van der Waals surface area (Å²) in [6, 6.07) is 10.6. The fourth-order valence-electron chi connectivity index (χ4n) is 3.70. The van der Waals surface area contributed by atoms with Crippen LogP contribution >= 0.6 is 0 Å². The van der Waals surface area contributed by atoms with Crippen molar-refractivity contribution in [3.8, 4) is 0 Å². The Morgan fingerprint density at radius 2 is 1.82 bits per heavy atom. The Labute approximate surface area is 133 Å². The van der Waals surface area contributed by atoms with Gasteiger partial charge in [0, 0.05) is 38.6 Å². The van der Waals surface area contributed by atoms with E-state index in [0.717, 1.165) is 19.6 Å². The van der Waals surface area contributed by atoms with Crippen molar-refractivity contribution in [2.45, 2.75) is 5.92 Å². The highest BCUT2D eigenvalue weighted by Gasteiger charge is 2.38. The van der Waals surface area contributed by atoms with Crippen LogP contribution in [0.4, 0.5) is 0 Å². The van der Waals surface area contributed by atoms with Crippen molar-refractivity contribution in [2.75, 3.05) is 45.5 Å². The van der Waals surface area contributed by atoms with Crippen molar-refractivity contribution in [1.82, 2.24) is 9.21 Å². The molecule has 5 nitrogen and oxygen atoms in total. The summed E-state index contributed by atoms with van der Waals surface area (Å²) < 4.78 is 24.4. The number of nitrogens with two attached hydrogens (primary N) is 1. The van der Waals surface area contributed by atoms with Crippen LogP contribution in [0, 0.1) is 11.8 Å². The minimum Gasteiger partial charge on any atom is -0.330 e. The number of rotatable bonds is 5. The lowest BCUT2D eigenvalue weighted by atomic mass is 9.89. The molecule has 0 radical (unpaired) electrons. The Balaban J connectivity index is 1.57. The minimum absolute atomic E-state index is 0.461. The number of sulfonamides is 1. The molecule has 0 unspecified atom stereocenters. The van der Waals surface area contributed by atoms with Crippen molar-refractivity contribution >= 4 is 10.0 Å². The molecule has 6 heteroatoms. The highest BCUT2D eigenvalue weighted by molar-refractivity contribution is 7.88. The van der Waals surface area contributed by atoms with Crippen molar-refractivity contribution in [3.63, 3.8) is 0 Å². The Kier molecular flexibility index (Phi) is 4.54. The zero-order chi connectivity index (χ0) is 15.7. The molecular formula is C16H25N3O2S. The van der Waals surface area contributed by atoms with E-state index in [0.29, 0.717) is 37.4 Å². The maximum Gasteiger partial charge on any atom is 0.211 e. The largest absolute Gasteiger partial charge is 0.330 e. The van der Waals surface area contributed by atoms with E-state index in [1.54, 1.807) is 4.31 Å². The van der Waals surface area contributed by atoms with Gasteiger partial charge in [0.25, 0.3) is 0 Å². The molecule has 2 heterocycles. The van der Waals surface area contributed by atoms with Crippen LogP contribution in [0.15, 0.2) is 30.3 Å². The molecule has 2 fully saturated rings. The average Bonchev–Trinajstić information content (AvgIpc) is 2.85. The van der Waals surface area contributed by atoms with Crippen LogP contribution in [0.25, 0.3) is 0 Å². The SMILES string of the molecule is CS(=O)(=O)N1CC(CN2C[C@@H](CN)[C@H](c3ccccc3)C2)C1. The standard InChI is InChI=1S/C16H25N3O2S/c1-22(20,21)19-9-13(10-19)8-18-11-15(7-17)16(12-18)14-5-3-2-4-6-14/h2-6,13,15-16H,7-12,17H2,1H3/t15-,16+/m1/s1. The van der Waals surface area contributed by atoms with E-state index in [-0.39, 0.29) is 0 Å². The van der Waals surface area contributed by atoms with Gasteiger partial charge in [-0.05, 0) is 23.9 Å². The summed E-state index contributed by atoms with van der Waals surface area (Å²) in [5, 5.41) is 0. The van der Waals surface area contributed by atoms with Crippen LogP contribution in [0.1, 0.15) is 11.5 Å². The van der Waals surface area contributed by atoms with Crippen LogP contribution in [0.5, 0.6) is 0 Å². The van der Waals surface area contributed by atoms with Crippen LogP contribution < -0.4 is 5.73 Å². The van der Waals surface area contributed by atoms with E-state index in [1.165, 1.54) is 11.8 Å². The highest BCUT2D eigenvalue weighted by Crippen LogP contribution is 2.33. The molecule has 0 amide bonds. The average molecular weight is 323 g/mol. The van der Waals surface area contributed by atoms with Gasteiger partial charge in [-0.2, -0.15) is 0 Å². The molecule has 2 saturated heterocycles. The monoisotopic (exact) mass is 323 g/mol. The predicted octanol–water partition coefficient (Wildman–Crippen LogP) is 0.552. The molecule has 2 N–H and O–H groups in total. The molecule has 0 aromatic heterocycles. The quantitative estimate of drug-likeness (QED) is 0.859. The second-order valence-electron chi connectivity index (χ2n) is 6.68. The van der Waals surface area contributed by atoms with Crippen molar-refractivity contribution in [3.05, 3.63) is 35.9 Å². The Hall–Kier alpha value is -0.950. The molecule has 2 aliphatic heterocycles. The molecule has 0 saturated carbocycles. The first kappa shape index (κ1) is 15.9. The summed E-state index contributed by atoms with van der Waals surface area (Å²) >= 11 is 0. The number of hydrogen-bond acceptors (Lipinski definition) is 4. The summed E-state index contributed by atoms with van der Waals surface area (Å²) in [6.07, 6.45) is 1.29. The maximum atomic E-state index is 11.4. The highest BCUT2D eigenvalue weighted by atomic mass is 32.2. The third kappa shape index (κ3) is 3.35. The Morgan fingerprint density at radius 1 is 1.14 bits per heavy atom. The molecule has 0 bridgehead atoms. The van der Waals surface area contributed by atoms with Gasteiger partial charge in [0.15, 0.2) is 0 Å². The van der Waals surface area contributed by atoms with Crippen molar-refractivity contribution in [2.24, 2.45) is 17.6 Å². The van der Waals surface area contributed by atoms with Gasteiger partial charge in [0.2, 0.25) is 10.0 Å². The summed E-state index contributed by atoms with van der Waals surface area (Å²) in [7, 11) is -3.01. The third-order valence-corrected chi connectivity index (χ3v) is 6.19. The summed E-state index contributed by atoms with van der Waals surface area (Å²) in [6.45, 7) is 5.06. The van der Waals surface area contributed by atoms with Crippen LogP contribution in [0.3, 0.4) is 0 Å². The van der Waals surface area contributed by atoms with Gasteiger partial charge in [-0.3, -0.25) is 0 Å². The lowest BCUT2D eigenvalue weighted by molar-refractivity contribution is 0.145. The van der Waals surface area contributed by atoms with Gasteiger partial charge in [-0.15, -0.1) is 0 Å². The van der Waals surface area contributed by atoms with Gasteiger partial charge < -0.3 is 10.6 Å². The summed E-state index contributed by atoms with van der Waals surface area (Å²) in [5.41, 5.74) is 7.33. The van der Waals surface area contributed by atoms with Crippen molar-refractivity contribution in [1.29, 1.82) is 0 Å². The molecule has 3 rings (SSSR count).